The number of nitrogens with zero attached hydrogens (tertiary/aromatic N) is 3. The van der Waals surface area contributed by atoms with Gasteiger partial charge in [-0.3, -0.25) is 9.97 Å². The molecular weight excluding hydrogens is 282 g/mol. The zero-order chi connectivity index (χ0) is 15.4. The molecule has 0 amide bonds. The third-order valence-electron chi connectivity index (χ3n) is 4.66. The van der Waals surface area contributed by atoms with Gasteiger partial charge in [-0.15, -0.1) is 0 Å². The van der Waals surface area contributed by atoms with Crippen molar-refractivity contribution in [2.75, 3.05) is 0 Å². The minimum Gasteiger partial charge on any atom is -0.338 e. The van der Waals surface area contributed by atoms with Crippen molar-refractivity contribution in [1.29, 1.82) is 0 Å². The molecular formula is C20H15N3. The van der Waals surface area contributed by atoms with Crippen LogP contribution in [0.25, 0.3) is 43.6 Å². The van der Waals surface area contributed by atoms with Crippen LogP contribution < -0.4 is 0 Å². The van der Waals surface area contributed by atoms with Gasteiger partial charge in [-0.05, 0) is 19.1 Å². The first kappa shape index (κ1) is 12.6. The molecule has 0 radical (unpaired) electrons. The molecule has 3 heterocycles. The number of para-hydroxylation sites is 2. The summed E-state index contributed by atoms with van der Waals surface area (Å²) >= 11 is 0. The number of pyridine rings is 2. The highest BCUT2D eigenvalue weighted by molar-refractivity contribution is 6.26. The molecule has 0 bridgehead atoms. The molecule has 0 saturated heterocycles. The van der Waals surface area contributed by atoms with Gasteiger partial charge in [0.25, 0.3) is 0 Å². The minimum absolute atomic E-state index is 0.903. The van der Waals surface area contributed by atoms with Crippen LogP contribution in [0.15, 0.2) is 60.9 Å². The maximum absolute atomic E-state index is 4.65. The van der Waals surface area contributed by atoms with Crippen molar-refractivity contribution in [1.82, 2.24) is 14.5 Å². The number of hydrogen-bond acceptors (Lipinski definition) is 2. The van der Waals surface area contributed by atoms with Gasteiger partial charge in [-0.2, -0.15) is 0 Å². The van der Waals surface area contributed by atoms with Crippen molar-refractivity contribution in [3.63, 3.8) is 0 Å². The first-order chi connectivity index (χ1) is 11.4. The molecule has 0 unspecified atom stereocenters. The molecule has 0 atom stereocenters. The van der Waals surface area contributed by atoms with Gasteiger partial charge in [0.1, 0.15) is 0 Å². The van der Waals surface area contributed by atoms with Crippen LogP contribution in [0.4, 0.5) is 0 Å². The highest BCUT2D eigenvalue weighted by Crippen LogP contribution is 2.37. The van der Waals surface area contributed by atoms with Crippen LogP contribution in [0.1, 0.15) is 6.92 Å². The number of hydrogen-bond donors (Lipinski definition) is 0. The Morgan fingerprint density at radius 3 is 1.70 bits per heavy atom. The van der Waals surface area contributed by atoms with Crippen LogP contribution >= 0.6 is 0 Å². The van der Waals surface area contributed by atoms with Crippen LogP contribution in [-0.4, -0.2) is 14.5 Å². The summed E-state index contributed by atoms with van der Waals surface area (Å²) < 4.78 is 2.31. The van der Waals surface area contributed by atoms with Crippen LogP contribution in [-0.2, 0) is 6.54 Å². The van der Waals surface area contributed by atoms with Crippen LogP contribution in [0.3, 0.4) is 0 Å². The molecule has 2 aromatic carbocycles. The summed E-state index contributed by atoms with van der Waals surface area (Å²) in [5, 5.41) is 4.98. The van der Waals surface area contributed by atoms with Crippen molar-refractivity contribution in [3.8, 4) is 0 Å². The average Bonchev–Trinajstić information content (AvgIpc) is 2.96. The molecule has 0 aliphatic rings. The van der Waals surface area contributed by atoms with E-state index in [0.29, 0.717) is 0 Å². The molecule has 0 fully saturated rings. The number of fused-ring (bicyclic) bond motifs is 7. The number of aryl methyl sites for hydroxylation is 1. The molecule has 110 valence electrons. The van der Waals surface area contributed by atoms with Gasteiger partial charge in [0, 0.05) is 28.1 Å². The summed E-state index contributed by atoms with van der Waals surface area (Å²) in [5.74, 6) is 0. The molecule has 0 aliphatic carbocycles. The third kappa shape index (κ3) is 1.59. The smallest absolute Gasteiger partial charge is 0.0709 e. The summed E-state index contributed by atoms with van der Waals surface area (Å²) in [5.41, 5.74) is 4.44. The monoisotopic (exact) mass is 297 g/mol. The lowest BCUT2D eigenvalue weighted by atomic mass is 10.0. The molecule has 0 spiro atoms. The van der Waals surface area contributed by atoms with Gasteiger partial charge in [0.2, 0.25) is 0 Å². The Labute approximate surface area is 133 Å². The fourth-order valence-electron chi connectivity index (χ4n) is 3.67. The van der Waals surface area contributed by atoms with Crippen LogP contribution in [0.2, 0.25) is 0 Å². The molecule has 3 aromatic heterocycles. The van der Waals surface area contributed by atoms with E-state index >= 15 is 0 Å². The number of benzene rings is 2. The molecule has 3 heteroatoms. The second-order valence-corrected chi connectivity index (χ2v) is 5.82. The Morgan fingerprint density at radius 2 is 1.22 bits per heavy atom. The van der Waals surface area contributed by atoms with Crippen molar-refractivity contribution in [3.05, 3.63) is 60.9 Å². The molecule has 5 rings (SSSR count). The number of aromatic nitrogens is 3. The molecule has 5 aromatic rings. The van der Waals surface area contributed by atoms with Crippen molar-refractivity contribution >= 4 is 43.6 Å². The Morgan fingerprint density at radius 1 is 0.739 bits per heavy atom. The van der Waals surface area contributed by atoms with Gasteiger partial charge in [0.15, 0.2) is 0 Å². The van der Waals surface area contributed by atoms with Crippen LogP contribution in [0.5, 0.6) is 0 Å². The Bertz CT molecular complexity index is 1110. The van der Waals surface area contributed by atoms with E-state index in [1.54, 1.807) is 0 Å². The molecule has 0 saturated carbocycles. The summed E-state index contributed by atoms with van der Waals surface area (Å²) in [6.45, 7) is 3.07. The Hall–Kier alpha value is -2.94. The minimum atomic E-state index is 0.903. The highest BCUT2D eigenvalue weighted by Gasteiger charge is 2.15. The van der Waals surface area contributed by atoms with E-state index in [1.807, 2.05) is 24.5 Å². The van der Waals surface area contributed by atoms with Gasteiger partial charge in [0.05, 0.1) is 34.5 Å². The highest BCUT2D eigenvalue weighted by atomic mass is 15.0. The molecule has 3 nitrogen and oxygen atoms in total. The Kier molecular flexibility index (Phi) is 2.48. The largest absolute Gasteiger partial charge is 0.338 e. The van der Waals surface area contributed by atoms with Gasteiger partial charge >= 0.3 is 0 Å². The lowest BCUT2D eigenvalue weighted by Crippen LogP contribution is -1.94. The first-order valence-corrected chi connectivity index (χ1v) is 7.92. The SMILES string of the molecule is CCn1c2cnc3ccccc3c2c2c3ccccc3ncc21. The lowest BCUT2D eigenvalue weighted by Gasteiger charge is -2.03. The topological polar surface area (TPSA) is 30.7 Å². The predicted octanol–water partition coefficient (Wildman–Crippen LogP) is 4.91. The van der Waals surface area contributed by atoms with Gasteiger partial charge in [-0.1, -0.05) is 36.4 Å². The van der Waals surface area contributed by atoms with Crippen molar-refractivity contribution < 1.29 is 0 Å². The fraction of sp³-hybridized carbons (Fsp3) is 0.100. The zero-order valence-electron chi connectivity index (χ0n) is 12.8. The van der Waals surface area contributed by atoms with E-state index in [1.165, 1.54) is 32.6 Å². The standard InChI is InChI=1S/C20H15N3/c1-2-23-17-11-21-15-9-5-3-7-13(15)19(17)20-14-8-4-6-10-16(14)22-12-18(20)23/h3-12H,2H2,1H3. The first-order valence-electron chi connectivity index (χ1n) is 7.92. The van der Waals surface area contributed by atoms with E-state index < -0.39 is 0 Å². The molecule has 23 heavy (non-hydrogen) atoms. The number of rotatable bonds is 1. The van der Waals surface area contributed by atoms with E-state index in [0.717, 1.165) is 17.6 Å². The maximum atomic E-state index is 4.65. The maximum Gasteiger partial charge on any atom is 0.0709 e. The van der Waals surface area contributed by atoms with Crippen LogP contribution in [0, 0.1) is 0 Å². The van der Waals surface area contributed by atoms with E-state index in [4.69, 9.17) is 0 Å². The lowest BCUT2D eigenvalue weighted by molar-refractivity contribution is 0.824. The van der Waals surface area contributed by atoms with E-state index in [2.05, 4.69) is 57.9 Å². The summed E-state index contributed by atoms with van der Waals surface area (Å²) in [4.78, 5) is 9.30. The summed E-state index contributed by atoms with van der Waals surface area (Å²) in [6, 6.07) is 16.7. The van der Waals surface area contributed by atoms with E-state index in [9.17, 15) is 0 Å². The third-order valence-corrected chi connectivity index (χ3v) is 4.66. The molecule has 0 aliphatic heterocycles. The quantitative estimate of drug-likeness (QED) is 0.440. The van der Waals surface area contributed by atoms with Crippen molar-refractivity contribution in [2.24, 2.45) is 0 Å². The Balaban J connectivity index is 2.19. The van der Waals surface area contributed by atoms with Gasteiger partial charge in [-0.25, -0.2) is 0 Å². The van der Waals surface area contributed by atoms with Gasteiger partial charge < -0.3 is 4.57 Å². The van der Waals surface area contributed by atoms with Crippen molar-refractivity contribution in [2.45, 2.75) is 13.5 Å². The van der Waals surface area contributed by atoms with E-state index in [-0.39, 0.29) is 0 Å². The molecule has 0 N–H and O–H groups in total. The fourth-order valence-corrected chi connectivity index (χ4v) is 3.67. The average molecular weight is 297 g/mol. The normalized spacial score (nSPS) is 11.9. The second-order valence-electron chi connectivity index (χ2n) is 5.82. The summed E-state index contributed by atoms with van der Waals surface area (Å²) in [6.07, 6.45) is 3.99. The predicted molar refractivity (Wildman–Crippen MR) is 95.7 cm³/mol. The zero-order valence-corrected chi connectivity index (χ0v) is 12.8. The second kappa shape index (κ2) is 4.53. The summed E-state index contributed by atoms with van der Waals surface area (Å²) in [7, 11) is 0.